The molecule has 1 aromatic heterocycles. The molecule has 0 aliphatic rings. The number of sulfonamides is 1. The summed E-state index contributed by atoms with van der Waals surface area (Å²) in [5.74, 6) is 1.36. The van der Waals surface area contributed by atoms with Gasteiger partial charge in [0, 0.05) is 0 Å². The lowest BCUT2D eigenvalue weighted by Gasteiger charge is -2.12. The van der Waals surface area contributed by atoms with E-state index < -0.39 is 10.0 Å². The van der Waals surface area contributed by atoms with Gasteiger partial charge in [0.2, 0.25) is 10.0 Å². The van der Waals surface area contributed by atoms with Crippen LogP contribution in [0.5, 0.6) is 5.75 Å². The van der Waals surface area contributed by atoms with Gasteiger partial charge in [0.1, 0.15) is 11.6 Å². The van der Waals surface area contributed by atoms with Crippen LogP contribution >= 0.6 is 0 Å². The summed E-state index contributed by atoms with van der Waals surface area (Å²) in [5.41, 5.74) is 1.24. The third kappa shape index (κ3) is 4.36. The standard InChI is InChI=1S/C15H19N3O3S/c1-3-21-14-8-6-5-7-13(14)17-15-10-9-12(11-16-15)18-22(19,20)4-2/h5-11,18H,3-4H2,1-2H3,(H,16,17). The molecule has 0 aliphatic carbocycles. The molecule has 1 aromatic carbocycles. The van der Waals surface area contributed by atoms with Gasteiger partial charge in [-0.05, 0) is 38.1 Å². The van der Waals surface area contributed by atoms with Crippen molar-refractivity contribution in [3.05, 3.63) is 42.6 Å². The van der Waals surface area contributed by atoms with Gasteiger partial charge in [-0.3, -0.25) is 4.72 Å². The van der Waals surface area contributed by atoms with Crippen LogP contribution in [-0.4, -0.2) is 25.8 Å². The molecule has 0 unspecified atom stereocenters. The van der Waals surface area contributed by atoms with Gasteiger partial charge in [-0.1, -0.05) is 12.1 Å². The van der Waals surface area contributed by atoms with Crippen molar-refractivity contribution < 1.29 is 13.2 Å². The molecule has 0 atom stereocenters. The number of nitrogens with zero attached hydrogens (tertiary/aromatic N) is 1. The smallest absolute Gasteiger partial charge is 0.232 e. The number of para-hydroxylation sites is 2. The zero-order valence-electron chi connectivity index (χ0n) is 12.5. The lowest BCUT2D eigenvalue weighted by Crippen LogP contribution is -2.14. The van der Waals surface area contributed by atoms with E-state index in [1.165, 1.54) is 6.20 Å². The normalized spacial score (nSPS) is 11.0. The maximum Gasteiger partial charge on any atom is 0.232 e. The van der Waals surface area contributed by atoms with E-state index in [1.54, 1.807) is 19.1 Å². The highest BCUT2D eigenvalue weighted by Crippen LogP contribution is 2.26. The van der Waals surface area contributed by atoms with Crippen LogP contribution in [0.3, 0.4) is 0 Å². The van der Waals surface area contributed by atoms with Crippen molar-refractivity contribution in [2.75, 3.05) is 22.4 Å². The fraction of sp³-hybridized carbons (Fsp3) is 0.267. The van der Waals surface area contributed by atoms with Crippen LogP contribution in [0.2, 0.25) is 0 Å². The van der Waals surface area contributed by atoms with Gasteiger partial charge in [-0.15, -0.1) is 0 Å². The summed E-state index contributed by atoms with van der Waals surface area (Å²) < 4.78 is 31.0. The van der Waals surface area contributed by atoms with Crippen molar-refractivity contribution in [3.8, 4) is 5.75 Å². The zero-order chi connectivity index (χ0) is 16.0. The Hall–Kier alpha value is -2.28. The molecular formula is C15H19N3O3S. The minimum Gasteiger partial charge on any atom is -0.492 e. The summed E-state index contributed by atoms with van der Waals surface area (Å²) in [4.78, 5) is 4.20. The Kier molecular flexibility index (Phi) is 5.21. The molecule has 22 heavy (non-hydrogen) atoms. The molecule has 0 spiro atoms. The third-order valence-corrected chi connectivity index (χ3v) is 4.17. The van der Waals surface area contributed by atoms with Gasteiger partial charge >= 0.3 is 0 Å². The van der Waals surface area contributed by atoms with E-state index in [2.05, 4.69) is 15.0 Å². The zero-order valence-corrected chi connectivity index (χ0v) is 13.4. The van der Waals surface area contributed by atoms with Gasteiger partial charge in [0.05, 0.1) is 29.9 Å². The Balaban J connectivity index is 2.12. The van der Waals surface area contributed by atoms with Crippen LogP contribution in [0.1, 0.15) is 13.8 Å². The van der Waals surface area contributed by atoms with Crippen LogP contribution in [0.4, 0.5) is 17.2 Å². The van der Waals surface area contributed by atoms with E-state index in [-0.39, 0.29) is 5.75 Å². The van der Waals surface area contributed by atoms with Gasteiger partial charge in [0.15, 0.2) is 0 Å². The Morgan fingerprint density at radius 1 is 1.14 bits per heavy atom. The molecule has 0 saturated carbocycles. The maximum atomic E-state index is 11.5. The first kappa shape index (κ1) is 16.1. The van der Waals surface area contributed by atoms with E-state index in [0.29, 0.717) is 18.1 Å². The molecule has 118 valence electrons. The number of ether oxygens (including phenoxy) is 1. The lowest BCUT2D eigenvalue weighted by molar-refractivity contribution is 0.342. The number of pyridine rings is 1. The Bertz CT molecular complexity index is 715. The van der Waals surface area contributed by atoms with Crippen LogP contribution in [0, 0.1) is 0 Å². The minimum atomic E-state index is -3.29. The number of hydrogen-bond acceptors (Lipinski definition) is 5. The molecule has 0 radical (unpaired) electrons. The summed E-state index contributed by atoms with van der Waals surface area (Å²) in [6.45, 7) is 4.07. The lowest BCUT2D eigenvalue weighted by atomic mass is 10.3. The molecule has 1 heterocycles. The van der Waals surface area contributed by atoms with Gasteiger partial charge in [-0.25, -0.2) is 13.4 Å². The second-order valence-corrected chi connectivity index (χ2v) is 6.50. The molecule has 2 rings (SSSR count). The predicted octanol–water partition coefficient (Wildman–Crippen LogP) is 2.99. The molecule has 0 saturated heterocycles. The predicted molar refractivity (Wildman–Crippen MR) is 88.2 cm³/mol. The Labute approximate surface area is 130 Å². The number of benzene rings is 1. The Morgan fingerprint density at radius 3 is 2.55 bits per heavy atom. The first-order valence-corrected chi connectivity index (χ1v) is 8.64. The molecule has 0 amide bonds. The average molecular weight is 321 g/mol. The monoisotopic (exact) mass is 321 g/mol. The second-order valence-electron chi connectivity index (χ2n) is 4.49. The number of anilines is 3. The highest BCUT2D eigenvalue weighted by Gasteiger charge is 2.07. The van der Waals surface area contributed by atoms with Crippen molar-refractivity contribution in [2.45, 2.75) is 13.8 Å². The maximum absolute atomic E-state index is 11.5. The van der Waals surface area contributed by atoms with Gasteiger partial charge in [-0.2, -0.15) is 0 Å². The van der Waals surface area contributed by atoms with Crippen molar-refractivity contribution in [1.82, 2.24) is 4.98 Å². The van der Waals surface area contributed by atoms with E-state index in [4.69, 9.17) is 4.74 Å². The topological polar surface area (TPSA) is 80.3 Å². The Morgan fingerprint density at radius 2 is 1.91 bits per heavy atom. The van der Waals surface area contributed by atoms with E-state index in [0.717, 1.165) is 11.4 Å². The molecule has 0 aliphatic heterocycles. The fourth-order valence-corrected chi connectivity index (χ4v) is 2.39. The molecular weight excluding hydrogens is 302 g/mol. The van der Waals surface area contributed by atoms with Crippen molar-refractivity contribution >= 4 is 27.2 Å². The van der Waals surface area contributed by atoms with Crippen molar-refractivity contribution in [2.24, 2.45) is 0 Å². The summed E-state index contributed by atoms with van der Waals surface area (Å²) >= 11 is 0. The van der Waals surface area contributed by atoms with Crippen LogP contribution < -0.4 is 14.8 Å². The SMILES string of the molecule is CCOc1ccccc1Nc1ccc(NS(=O)(=O)CC)cn1. The van der Waals surface area contributed by atoms with Crippen LogP contribution in [0.25, 0.3) is 0 Å². The average Bonchev–Trinajstić information content (AvgIpc) is 2.51. The highest BCUT2D eigenvalue weighted by atomic mass is 32.2. The molecule has 6 nitrogen and oxygen atoms in total. The van der Waals surface area contributed by atoms with Crippen molar-refractivity contribution in [1.29, 1.82) is 0 Å². The first-order valence-electron chi connectivity index (χ1n) is 6.99. The first-order chi connectivity index (χ1) is 10.5. The largest absolute Gasteiger partial charge is 0.492 e. The van der Waals surface area contributed by atoms with E-state index in [9.17, 15) is 8.42 Å². The van der Waals surface area contributed by atoms with Crippen molar-refractivity contribution in [3.63, 3.8) is 0 Å². The highest BCUT2D eigenvalue weighted by molar-refractivity contribution is 7.92. The number of nitrogens with one attached hydrogen (secondary N) is 2. The van der Waals surface area contributed by atoms with Crippen LogP contribution in [-0.2, 0) is 10.0 Å². The number of hydrogen-bond donors (Lipinski definition) is 2. The van der Waals surface area contributed by atoms with E-state index >= 15 is 0 Å². The van der Waals surface area contributed by atoms with Gasteiger partial charge < -0.3 is 10.1 Å². The number of rotatable bonds is 7. The molecule has 2 aromatic rings. The minimum absolute atomic E-state index is 0.0226. The molecule has 0 fully saturated rings. The third-order valence-electron chi connectivity index (χ3n) is 2.87. The quantitative estimate of drug-likeness (QED) is 0.819. The fourth-order valence-electron chi connectivity index (χ4n) is 1.77. The summed E-state index contributed by atoms with van der Waals surface area (Å²) in [7, 11) is -3.29. The molecule has 0 bridgehead atoms. The molecule has 7 heteroatoms. The number of aromatic nitrogens is 1. The summed E-state index contributed by atoms with van der Waals surface area (Å²) in [5, 5.41) is 3.15. The second kappa shape index (κ2) is 7.13. The van der Waals surface area contributed by atoms with Crippen LogP contribution in [0.15, 0.2) is 42.6 Å². The molecule has 2 N–H and O–H groups in total. The van der Waals surface area contributed by atoms with E-state index in [1.807, 2.05) is 31.2 Å². The summed E-state index contributed by atoms with van der Waals surface area (Å²) in [6, 6.07) is 10.9. The summed E-state index contributed by atoms with van der Waals surface area (Å²) in [6.07, 6.45) is 1.47. The van der Waals surface area contributed by atoms with Gasteiger partial charge in [0.25, 0.3) is 0 Å².